The summed E-state index contributed by atoms with van der Waals surface area (Å²) in [5.74, 6) is 0. The molecular formula is C13H17N3. The van der Waals surface area contributed by atoms with E-state index in [2.05, 4.69) is 29.0 Å². The van der Waals surface area contributed by atoms with Crippen molar-refractivity contribution < 1.29 is 0 Å². The van der Waals surface area contributed by atoms with Crippen LogP contribution in [0.3, 0.4) is 0 Å². The van der Waals surface area contributed by atoms with Crippen molar-refractivity contribution in [1.82, 2.24) is 4.90 Å². The Balaban J connectivity index is 1.75. The first-order valence-electron chi connectivity index (χ1n) is 5.71. The fourth-order valence-corrected chi connectivity index (χ4v) is 2.64. The van der Waals surface area contributed by atoms with Gasteiger partial charge in [0.25, 0.3) is 0 Å². The first-order chi connectivity index (χ1) is 7.72. The molecule has 3 heteroatoms. The maximum Gasteiger partial charge on any atom is 0.0408 e. The average Bonchev–Trinajstić information content (AvgIpc) is 2.75. The second kappa shape index (κ2) is 3.52. The Morgan fingerprint density at radius 1 is 0.938 bits per heavy atom. The summed E-state index contributed by atoms with van der Waals surface area (Å²) in [6.45, 7) is 4.45. The topological polar surface area (TPSA) is 32.5 Å². The Morgan fingerprint density at radius 3 is 2.06 bits per heavy atom. The highest BCUT2D eigenvalue weighted by molar-refractivity contribution is 5.57. The Kier molecular flexibility index (Phi) is 2.14. The number of benzene rings is 1. The first-order valence-corrected chi connectivity index (χ1v) is 5.71. The summed E-state index contributed by atoms with van der Waals surface area (Å²) in [5, 5.41) is 0. The van der Waals surface area contributed by atoms with Crippen LogP contribution in [0.1, 0.15) is 0 Å². The zero-order valence-electron chi connectivity index (χ0n) is 9.61. The van der Waals surface area contributed by atoms with Crippen molar-refractivity contribution in [2.24, 2.45) is 0 Å². The molecule has 3 nitrogen and oxygen atoms in total. The number of rotatable bonds is 1. The molecule has 84 valence electrons. The third-order valence-electron chi connectivity index (χ3n) is 3.44. The van der Waals surface area contributed by atoms with Crippen LogP contribution in [-0.4, -0.2) is 38.1 Å². The van der Waals surface area contributed by atoms with Crippen molar-refractivity contribution >= 4 is 11.4 Å². The van der Waals surface area contributed by atoms with Gasteiger partial charge in [0, 0.05) is 37.6 Å². The van der Waals surface area contributed by atoms with Gasteiger partial charge in [-0.3, -0.25) is 4.90 Å². The number of hydrogen-bond donors (Lipinski definition) is 1. The van der Waals surface area contributed by atoms with Gasteiger partial charge in [-0.2, -0.15) is 0 Å². The summed E-state index contributed by atoms with van der Waals surface area (Å²) in [5.41, 5.74) is 11.0. The summed E-state index contributed by atoms with van der Waals surface area (Å²) in [7, 11) is 2.19. The Morgan fingerprint density at radius 2 is 1.50 bits per heavy atom. The van der Waals surface area contributed by atoms with Gasteiger partial charge in [0.15, 0.2) is 0 Å². The number of anilines is 2. The highest BCUT2D eigenvalue weighted by Gasteiger charge is 2.27. The maximum atomic E-state index is 5.70. The van der Waals surface area contributed by atoms with Gasteiger partial charge in [0.2, 0.25) is 0 Å². The van der Waals surface area contributed by atoms with Crippen LogP contribution in [0, 0.1) is 0 Å². The van der Waals surface area contributed by atoms with E-state index in [4.69, 9.17) is 5.73 Å². The zero-order valence-corrected chi connectivity index (χ0v) is 9.61. The van der Waals surface area contributed by atoms with E-state index in [-0.39, 0.29) is 0 Å². The van der Waals surface area contributed by atoms with Crippen molar-refractivity contribution in [2.45, 2.75) is 0 Å². The van der Waals surface area contributed by atoms with E-state index in [1.807, 2.05) is 12.1 Å². The molecule has 0 aliphatic carbocycles. The molecule has 0 saturated carbocycles. The molecule has 1 aromatic carbocycles. The van der Waals surface area contributed by atoms with E-state index in [0.29, 0.717) is 0 Å². The molecule has 0 unspecified atom stereocenters. The number of likely N-dealkylation sites (N-methyl/N-ethyl adjacent to an activating group) is 1. The smallest absolute Gasteiger partial charge is 0.0408 e. The van der Waals surface area contributed by atoms with Crippen LogP contribution < -0.4 is 10.6 Å². The molecule has 1 aromatic rings. The van der Waals surface area contributed by atoms with Crippen molar-refractivity contribution in [3.8, 4) is 0 Å². The molecule has 0 spiro atoms. The van der Waals surface area contributed by atoms with E-state index in [9.17, 15) is 0 Å². The maximum absolute atomic E-state index is 5.70. The van der Waals surface area contributed by atoms with Crippen LogP contribution in [0.25, 0.3) is 0 Å². The Labute approximate surface area is 96.1 Å². The van der Waals surface area contributed by atoms with Crippen LogP contribution in [-0.2, 0) is 0 Å². The van der Waals surface area contributed by atoms with Crippen molar-refractivity contribution in [1.29, 1.82) is 0 Å². The number of nitrogens with zero attached hydrogens (tertiary/aromatic N) is 2. The lowest BCUT2D eigenvalue weighted by molar-refractivity contribution is 0.418. The standard InChI is InChI=1S/C13H17N3/c1-15-6-10-8-16(9-11(10)7-15)13-4-2-12(14)3-5-13/h2-5H,6-9,14H2,1H3. The summed E-state index contributed by atoms with van der Waals surface area (Å²) in [6, 6.07) is 8.18. The zero-order chi connectivity index (χ0) is 11.1. The van der Waals surface area contributed by atoms with E-state index < -0.39 is 0 Å². The SMILES string of the molecule is CN1CC2=C(C1)CN(c1ccc(N)cc1)C2. The number of nitrogens with two attached hydrogens (primary N) is 1. The van der Waals surface area contributed by atoms with Gasteiger partial charge in [-0.25, -0.2) is 0 Å². The molecule has 16 heavy (non-hydrogen) atoms. The molecule has 0 fully saturated rings. The number of nitrogen functional groups attached to an aromatic ring is 1. The fourth-order valence-electron chi connectivity index (χ4n) is 2.64. The van der Waals surface area contributed by atoms with E-state index in [0.717, 1.165) is 31.9 Å². The van der Waals surface area contributed by atoms with Crippen LogP contribution in [0.5, 0.6) is 0 Å². The second-order valence-electron chi connectivity index (χ2n) is 4.83. The van der Waals surface area contributed by atoms with Crippen molar-refractivity contribution in [2.75, 3.05) is 43.9 Å². The summed E-state index contributed by atoms with van der Waals surface area (Å²) < 4.78 is 0. The normalized spacial score (nSPS) is 20.7. The monoisotopic (exact) mass is 215 g/mol. The molecule has 0 saturated heterocycles. The molecular weight excluding hydrogens is 198 g/mol. The second-order valence-corrected chi connectivity index (χ2v) is 4.83. The number of hydrogen-bond acceptors (Lipinski definition) is 3. The molecule has 2 aliphatic heterocycles. The molecule has 0 amide bonds. The Hall–Kier alpha value is -1.48. The quantitative estimate of drug-likeness (QED) is 0.566. The minimum absolute atomic E-state index is 0.836. The lowest BCUT2D eigenvalue weighted by Gasteiger charge is -2.22. The molecule has 0 radical (unpaired) electrons. The summed E-state index contributed by atoms with van der Waals surface area (Å²) >= 11 is 0. The minimum atomic E-state index is 0.836. The third kappa shape index (κ3) is 1.57. The van der Waals surface area contributed by atoms with Crippen LogP contribution in [0.2, 0.25) is 0 Å². The highest BCUT2D eigenvalue weighted by atomic mass is 15.2. The van der Waals surface area contributed by atoms with Gasteiger partial charge in [-0.15, -0.1) is 0 Å². The molecule has 0 atom stereocenters. The van der Waals surface area contributed by atoms with Crippen LogP contribution in [0.4, 0.5) is 11.4 Å². The largest absolute Gasteiger partial charge is 0.399 e. The third-order valence-corrected chi connectivity index (χ3v) is 3.44. The predicted molar refractivity (Wildman–Crippen MR) is 67.6 cm³/mol. The van der Waals surface area contributed by atoms with Gasteiger partial charge in [-0.1, -0.05) is 0 Å². The van der Waals surface area contributed by atoms with Gasteiger partial charge >= 0.3 is 0 Å². The lowest BCUT2D eigenvalue weighted by Crippen LogP contribution is -2.27. The van der Waals surface area contributed by atoms with Gasteiger partial charge in [0.1, 0.15) is 0 Å². The molecule has 2 heterocycles. The fraction of sp³-hybridized carbons (Fsp3) is 0.385. The summed E-state index contributed by atoms with van der Waals surface area (Å²) in [6.07, 6.45) is 0. The average molecular weight is 215 g/mol. The molecule has 3 rings (SSSR count). The molecule has 2 N–H and O–H groups in total. The van der Waals surface area contributed by atoms with Gasteiger partial charge in [0.05, 0.1) is 0 Å². The van der Waals surface area contributed by atoms with Crippen LogP contribution in [0.15, 0.2) is 35.4 Å². The molecule has 0 aromatic heterocycles. The van der Waals surface area contributed by atoms with E-state index in [1.54, 1.807) is 11.1 Å². The predicted octanol–water partition coefficient (Wildman–Crippen LogP) is 1.33. The van der Waals surface area contributed by atoms with Gasteiger partial charge < -0.3 is 10.6 Å². The van der Waals surface area contributed by atoms with Crippen molar-refractivity contribution in [3.05, 3.63) is 35.4 Å². The molecule has 0 bridgehead atoms. The van der Waals surface area contributed by atoms with Crippen LogP contribution >= 0.6 is 0 Å². The van der Waals surface area contributed by atoms with E-state index >= 15 is 0 Å². The highest BCUT2D eigenvalue weighted by Crippen LogP contribution is 2.28. The minimum Gasteiger partial charge on any atom is -0.399 e. The Bertz CT molecular complexity index is 415. The van der Waals surface area contributed by atoms with Crippen molar-refractivity contribution in [3.63, 3.8) is 0 Å². The first kappa shape index (κ1) is 9.73. The lowest BCUT2D eigenvalue weighted by atomic mass is 10.2. The summed E-state index contributed by atoms with van der Waals surface area (Å²) in [4.78, 5) is 4.81. The molecule has 2 aliphatic rings. The van der Waals surface area contributed by atoms with E-state index in [1.165, 1.54) is 5.69 Å². The van der Waals surface area contributed by atoms with Gasteiger partial charge in [-0.05, 0) is 42.5 Å².